The van der Waals surface area contributed by atoms with Crippen molar-refractivity contribution in [3.05, 3.63) is 119 Å². The Morgan fingerprint density at radius 2 is 0.854 bits per heavy atom. The van der Waals surface area contributed by atoms with Crippen LogP contribution in [0.25, 0.3) is 0 Å². The highest BCUT2D eigenvalue weighted by Crippen LogP contribution is 2.48. The minimum absolute atomic E-state index is 0.159. The summed E-state index contributed by atoms with van der Waals surface area (Å²) in [5.41, 5.74) is 4.98. The van der Waals surface area contributed by atoms with Crippen LogP contribution in [0.3, 0.4) is 0 Å². The SMILES string of the molecule is CC(C)(c1ccc(OCC2CO2)cc1)c1ccc(C(C)(c2cc(Br)c(OCC3CO3)c(Br)c2)c2cc(Br)c(OCC3CO3)c(Br)c2)cc1. The number of epoxide rings is 3. The maximum Gasteiger partial charge on any atom is 0.147 e. The van der Waals surface area contributed by atoms with Crippen molar-refractivity contribution in [1.82, 2.24) is 0 Å². The van der Waals surface area contributed by atoms with Crippen molar-refractivity contribution < 1.29 is 28.4 Å². The van der Waals surface area contributed by atoms with Crippen LogP contribution >= 0.6 is 63.7 Å². The van der Waals surface area contributed by atoms with Crippen molar-refractivity contribution in [2.75, 3.05) is 39.6 Å². The second kappa shape index (κ2) is 14.0. The summed E-state index contributed by atoms with van der Waals surface area (Å²) >= 11 is 15.3. The fourth-order valence-corrected chi connectivity index (χ4v) is 8.69. The molecule has 0 saturated carbocycles. The van der Waals surface area contributed by atoms with Gasteiger partial charge in [-0.1, -0.05) is 50.2 Å². The van der Waals surface area contributed by atoms with E-state index in [2.05, 4.69) is 145 Å². The molecule has 0 N–H and O–H groups in total. The van der Waals surface area contributed by atoms with Gasteiger partial charge in [-0.2, -0.15) is 0 Å². The van der Waals surface area contributed by atoms with Crippen molar-refractivity contribution >= 4 is 63.7 Å². The number of halogens is 4. The summed E-state index contributed by atoms with van der Waals surface area (Å²) in [5.74, 6) is 2.39. The minimum Gasteiger partial charge on any atom is -0.491 e. The molecule has 48 heavy (non-hydrogen) atoms. The van der Waals surface area contributed by atoms with Gasteiger partial charge in [-0.15, -0.1) is 0 Å². The predicted molar refractivity (Wildman–Crippen MR) is 200 cm³/mol. The summed E-state index contributed by atoms with van der Waals surface area (Å²) in [6, 6.07) is 26.0. The van der Waals surface area contributed by atoms with E-state index < -0.39 is 5.41 Å². The molecule has 0 aromatic heterocycles. The van der Waals surface area contributed by atoms with Crippen LogP contribution in [-0.2, 0) is 25.0 Å². The van der Waals surface area contributed by atoms with E-state index in [-0.39, 0.29) is 23.7 Å². The molecule has 0 aliphatic carbocycles. The average Bonchev–Trinajstić information content (AvgIpc) is 3.90. The maximum absolute atomic E-state index is 6.13. The smallest absolute Gasteiger partial charge is 0.147 e. The van der Waals surface area contributed by atoms with E-state index in [1.54, 1.807) is 0 Å². The van der Waals surface area contributed by atoms with Crippen LogP contribution in [0, 0.1) is 0 Å². The molecule has 10 heteroatoms. The highest BCUT2D eigenvalue weighted by atomic mass is 79.9. The molecule has 3 saturated heterocycles. The lowest BCUT2D eigenvalue weighted by atomic mass is 9.70. The molecule has 3 heterocycles. The predicted octanol–water partition coefficient (Wildman–Crippen LogP) is 9.75. The van der Waals surface area contributed by atoms with Crippen molar-refractivity contribution in [3.8, 4) is 17.2 Å². The van der Waals surface area contributed by atoms with E-state index in [1.807, 2.05) is 12.1 Å². The summed E-state index contributed by atoms with van der Waals surface area (Å²) in [7, 11) is 0. The van der Waals surface area contributed by atoms with E-state index >= 15 is 0 Å². The Kier molecular flexibility index (Phi) is 10.1. The van der Waals surface area contributed by atoms with E-state index in [9.17, 15) is 0 Å². The van der Waals surface area contributed by atoms with Gasteiger partial charge in [0.05, 0.1) is 37.7 Å². The molecule has 3 unspecified atom stereocenters. The second-order valence-corrected chi connectivity index (χ2v) is 16.6. The van der Waals surface area contributed by atoms with Crippen LogP contribution in [0.2, 0.25) is 0 Å². The lowest BCUT2D eigenvalue weighted by Gasteiger charge is -2.34. The average molecular weight is 908 g/mol. The Bertz CT molecular complexity index is 1660. The molecule has 3 aliphatic rings. The molecule has 0 bridgehead atoms. The van der Waals surface area contributed by atoms with Crippen LogP contribution in [0.1, 0.15) is 48.6 Å². The third kappa shape index (κ3) is 7.55. The first-order valence-electron chi connectivity index (χ1n) is 16.0. The lowest BCUT2D eigenvalue weighted by Crippen LogP contribution is -2.26. The van der Waals surface area contributed by atoms with Gasteiger partial charge in [0.15, 0.2) is 0 Å². The summed E-state index contributed by atoms with van der Waals surface area (Å²) in [4.78, 5) is 0. The van der Waals surface area contributed by atoms with Crippen molar-refractivity contribution in [2.24, 2.45) is 0 Å². The molecule has 4 aromatic rings. The molecule has 0 spiro atoms. The van der Waals surface area contributed by atoms with Gasteiger partial charge in [-0.05, 0) is 135 Å². The molecule has 0 amide bonds. The number of hydrogen-bond donors (Lipinski definition) is 0. The standard InChI is InChI=1S/C38H36Br4O6/c1-37(2,23-8-10-27(11-9-23)43-16-28-17-44-28)22-4-6-24(7-5-22)38(3,25-12-31(39)35(32(40)13-25)47-20-29-18-45-29)26-14-33(41)36(34(42)15-26)48-21-30-19-46-30/h4-15,28-30H,16-21H2,1-3H3. The molecular formula is C38H36Br4O6. The zero-order valence-corrected chi connectivity index (χ0v) is 33.2. The number of rotatable bonds is 14. The molecule has 3 fully saturated rings. The summed E-state index contributed by atoms with van der Waals surface area (Å²) in [5, 5.41) is 0. The molecule has 3 aliphatic heterocycles. The Labute approximate surface area is 315 Å². The van der Waals surface area contributed by atoms with Crippen molar-refractivity contribution in [1.29, 1.82) is 0 Å². The Morgan fingerprint density at radius 1 is 0.521 bits per heavy atom. The summed E-state index contributed by atoms with van der Waals surface area (Å²) < 4.78 is 37.6. The third-order valence-electron chi connectivity index (χ3n) is 9.38. The Balaban J connectivity index is 1.23. The quantitative estimate of drug-likeness (QED) is 0.0929. The fraction of sp³-hybridized carbons (Fsp3) is 0.368. The zero-order chi connectivity index (χ0) is 33.6. The van der Waals surface area contributed by atoms with Gasteiger partial charge in [0, 0.05) is 10.8 Å². The van der Waals surface area contributed by atoms with E-state index in [0.717, 1.165) is 71.7 Å². The molecule has 3 atom stereocenters. The van der Waals surface area contributed by atoms with Gasteiger partial charge in [0.2, 0.25) is 0 Å². The highest BCUT2D eigenvalue weighted by molar-refractivity contribution is 9.11. The molecular weight excluding hydrogens is 872 g/mol. The Morgan fingerprint density at radius 3 is 1.23 bits per heavy atom. The number of hydrogen-bond acceptors (Lipinski definition) is 6. The zero-order valence-electron chi connectivity index (χ0n) is 26.9. The second-order valence-electron chi connectivity index (χ2n) is 13.2. The largest absolute Gasteiger partial charge is 0.491 e. The summed E-state index contributed by atoms with van der Waals surface area (Å²) in [6.07, 6.45) is 0.552. The van der Waals surface area contributed by atoms with Crippen LogP contribution in [0.15, 0.2) is 90.7 Å². The van der Waals surface area contributed by atoms with E-state index in [4.69, 9.17) is 28.4 Å². The number of ether oxygens (including phenoxy) is 6. The van der Waals surface area contributed by atoms with Crippen LogP contribution in [-0.4, -0.2) is 58.0 Å². The van der Waals surface area contributed by atoms with Crippen molar-refractivity contribution in [3.63, 3.8) is 0 Å². The molecule has 7 rings (SSSR count). The normalized spacial score (nSPS) is 20.9. The van der Waals surface area contributed by atoms with Crippen molar-refractivity contribution in [2.45, 2.75) is 49.9 Å². The van der Waals surface area contributed by atoms with Gasteiger partial charge >= 0.3 is 0 Å². The Hall–Kier alpha value is -1.92. The third-order valence-corrected chi connectivity index (χ3v) is 11.7. The van der Waals surface area contributed by atoms with Gasteiger partial charge in [0.1, 0.15) is 55.4 Å². The monoisotopic (exact) mass is 904 g/mol. The first-order valence-corrected chi connectivity index (χ1v) is 19.1. The van der Waals surface area contributed by atoms with Crippen LogP contribution in [0.4, 0.5) is 0 Å². The first kappa shape index (κ1) is 34.5. The molecule has 6 nitrogen and oxygen atoms in total. The minimum atomic E-state index is -0.556. The van der Waals surface area contributed by atoms with Gasteiger partial charge in [-0.3, -0.25) is 0 Å². The van der Waals surface area contributed by atoms with Gasteiger partial charge in [-0.25, -0.2) is 0 Å². The fourth-order valence-electron chi connectivity index (χ4n) is 5.86. The van der Waals surface area contributed by atoms with E-state index in [1.165, 1.54) is 11.1 Å². The lowest BCUT2D eigenvalue weighted by molar-refractivity contribution is 0.260. The van der Waals surface area contributed by atoms with Crippen LogP contribution in [0.5, 0.6) is 17.2 Å². The summed E-state index contributed by atoms with van der Waals surface area (Å²) in [6.45, 7) is 10.7. The van der Waals surface area contributed by atoms with Gasteiger partial charge in [0.25, 0.3) is 0 Å². The highest BCUT2D eigenvalue weighted by Gasteiger charge is 2.35. The molecule has 252 valence electrons. The van der Waals surface area contributed by atoms with E-state index in [0.29, 0.717) is 19.8 Å². The number of benzene rings is 4. The molecule has 0 radical (unpaired) electrons. The maximum atomic E-state index is 6.13. The van der Waals surface area contributed by atoms with Crippen LogP contribution < -0.4 is 14.2 Å². The topological polar surface area (TPSA) is 65.3 Å². The molecule has 4 aromatic carbocycles. The van der Waals surface area contributed by atoms with Gasteiger partial charge < -0.3 is 28.4 Å². The first-order chi connectivity index (χ1) is 23.0.